The number of carbonyl (C=O) groups is 1. The highest BCUT2D eigenvalue weighted by molar-refractivity contribution is 5.73. The van der Waals surface area contributed by atoms with Crippen LogP contribution in [-0.4, -0.2) is 37.1 Å². The van der Waals surface area contributed by atoms with E-state index >= 15 is 0 Å². The van der Waals surface area contributed by atoms with Crippen LogP contribution in [0.25, 0.3) is 0 Å². The summed E-state index contributed by atoms with van der Waals surface area (Å²) in [4.78, 5) is 14.3. The molecule has 4 nitrogen and oxygen atoms in total. The van der Waals surface area contributed by atoms with Crippen molar-refractivity contribution in [3.63, 3.8) is 0 Å². The normalized spacial score (nSPS) is 21.9. The van der Waals surface area contributed by atoms with E-state index in [0.29, 0.717) is 6.54 Å². The number of amides is 2. The molecule has 2 amide bonds. The van der Waals surface area contributed by atoms with Crippen molar-refractivity contribution in [1.82, 2.24) is 15.5 Å². The highest BCUT2D eigenvalue weighted by atomic mass is 16.2. The fourth-order valence-corrected chi connectivity index (χ4v) is 3.43. The van der Waals surface area contributed by atoms with Crippen LogP contribution in [0.2, 0.25) is 0 Å². The molecule has 0 aliphatic carbocycles. The van der Waals surface area contributed by atoms with E-state index in [2.05, 4.69) is 48.4 Å². The van der Waals surface area contributed by atoms with Gasteiger partial charge in [0.2, 0.25) is 0 Å². The average Bonchev–Trinajstić information content (AvgIpc) is 2.50. The molecule has 1 aliphatic rings. The molecule has 0 aromatic heterocycles. The number of likely N-dealkylation sites (tertiary alicyclic amines) is 1. The molecule has 1 heterocycles. The second-order valence-electron chi connectivity index (χ2n) is 7.15. The van der Waals surface area contributed by atoms with E-state index in [1.165, 1.54) is 25.1 Å². The van der Waals surface area contributed by atoms with Crippen LogP contribution in [0.5, 0.6) is 0 Å². The lowest BCUT2D eigenvalue weighted by atomic mass is 9.92. The lowest BCUT2D eigenvalue weighted by Crippen LogP contribution is -2.41. The fourth-order valence-electron chi connectivity index (χ4n) is 3.43. The van der Waals surface area contributed by atoms with Crippen molar-refractivity contribution in [2.24, 2.45) is 11.8 Å². The summed E-state index contributed by atoms with van der Waals surface area (Å²) in [7, 11) is 0. The summed E-state index contributed by atoms with van der Waals surface area (Å²) in [6, 6.07) is 8.15. The Morgan fingerprint density at radius 3 is 2.43 bits per heavy atom. The van der Waals surface area contributed by atoms with E-state index in [0.717, 1.165) is 36.9 Å². The molecular weight excluding hydrogens is 286 g/mol. The smallest absolute Gasteiger partial charge is 0.315 e. The molecule has 23 heavy (non-hydrogen) atoms. The third-order valence-electron chi connectivity index (χ3n) is 4.45. The average molecular weight is 317 g/mol. The molecule has 2 rings (SSSR count). The van der Waals surface area contributed by atoms with Crippen molar-refractivity contribution in [1.29, 1.82) is 0 Å². The molecule has 0 unspecified atom stereocenters. The van der Waals surface area contributed by atoms with Gasteiger partial charge in [-0.15, -0.1) is 0 Å². The molecule has 2 atom stereocenters. The van der Waals surface area contributed by atoms with Gasteiger partial charge in [-0.2, -0.15) is 0 Å². The summed E-state index contributed by atoms with van der Waals surface area (Å²) in [6.07, 6.45) is 2.35. The maximum Gasteiger partial charge on any atom is 0.315 e. The van der Waals surface area contributed by atoms with Gasteiger partial charge in [-0.3, -0.25) is 0 Å². The van der Waals surface area contributed by atoms with Gasteiger partial charge < -0.3 is 15.5 Å². The van der Waals surface area contributed by atoms with Crippen molar-refractivity contribution in [2.45, 2.75) is 40.2 Å². The maximum atomic E-state index is 11.8. The third-order valence-corrected chi connectivity index (χ3v) is 4.45. The molecule has 1 aromatic carbocycles. The van der Waals surface area contributed by atoms with Crippen molar-refractivity contribution in [3.05, 3.63) is 35.4 Å². The summed E-state index contributed by atoms with van der Waals surface area (Å²) in [5.41, 5.74) is 2.36. The minimum atomic E-state index is -0.0778. The van der Waals surface area contributed by atoms with Crippen LogP contribution in [0.4, 0.5) is 4.79 Å². The Morgan fingerprint density at radius 1 is 1.13 bits per heavy atom. The third kappa shape index (κ3) is 6.61. The zero-order valence-electron chi connectivity index (χ0n) is 14.8. The summed E-state index contributed by atoms with van der Waals surface area (Å²) in [5.74, 6) is 1.59. The number of nitrogens with one attached hydrogen (secondary N) is 2. The van der Waals surface area contributed by atoms with Crippen LogP contribution in [0.1, 0.15) is 37.8 Å². The number of benzene rings is 1. The van der Waals surface area contributed by atoms with E-state index in [1.807, 2.05) is 12.1 Å². The van der Waals surface area contributed by atoms with Crippen LogP contribution in [-0.2, 0) is 6.54 Å². The Balaban J connectivity index is 1.57. The Hall–Kier alpha value is -1.55. The quantitative estimate of drug-likeness (QED) is 0.792. The van der Waals surface area contributed by atoms with E-state index in [-0.39, 0.29) is 6.03 Å². The highest BCUT2D eigenvalue weighted by Gasteiger charge is 2.20. The van der Waals surface area contributed by atoms with Crippen LogP contribution in [0.3, 0.4) is 0 Å². The van der Waals surface area contributed by atoms with Crippen LogP contribution < -0.4 is 10.6 Å². The lowest BCUT2D eigenvalue weighted by molar-refractivity contribution is 0.139. The molecule has 2 N–H and O–H groups in total. The van der Waals surface area contributed by atoms with E-state index in [4.69, 9.17) is 0 Å². The molecular formula is C19H31N3O. The van der Waals surface area contributed by atoms with Gasteiger partial charge in [0.05, 0.1) is 0 Å². The first-order valence-electron chi connectivity index (χ1n) is 8.82. The number of nitrogens with zero attached hydrogens (tertiary/aromatic N) is 1. The predicted octanol–water partition coefficient (Wildman–Crippen LogP) is 3.16. The minimum absolute atomic E-state index is 0.0778. The van der Waals surface area contributed by atoms with Gasteiger partial charge in [0.25, 0.3) is 0 Å². The van der Waals surface area contributed by atoms with Gasteiger partial charge in [-0.05, 0) is 43.7 Å². The molecule has 1 aromatic rings. The minimum Gasteiger partial charge on any atom is -0.338 e. The van der Waals surface area contributed by atoms with Crippen LogP contribution in [0, 0.1) is 18.8 Å². The summed E-state index contributed by atoms with van der Waals surface area (Å²) in [6.45, 7) is 11.5. The Kier molecular flexibility index (Phi) is 6.90. The summed E-state index contributed by atoms with van der Waals surface area (Å²) < 4.78 is 0. The van der Waals surface area contributed by atoms with Gasteiger partial charge in [-0.25, -0.2) is 4.79 Å². The summed E-state index contributed by atoms with van der Waals surface area (Å²) in [5, 5.41) is 5.86. The molecule has 1 saturated heterocycles. The molecule has 0 radical (unpaired) electrons. The Labute approximate surface area is 140 Å². The first kappa shape index (κ1) is 17.8. The van der Waals surface area contributed by atoms with Gasteiger partial charge in [0, 0.05) is 26.2 Å². The fraction of sp³-hybridized carbons (Fsp3) is 0.632. The molecule has 0 spiro atoms. The molecule has 0 bridgehead atoms. The van der Waals surface area contributed by atoms with Crippen molar-refractivity contribution < 1.29 is 4.79 Å². The lowest BCUT2D eigenvalue weighted by Gasteiger charge is -2.34. The van der Waals surface area contributed by atoms with Gasteiger partial charge in [-0.1, -0.05) is 43.7 Å². The molecule has 4 heteroatoms. The number of hydrogen-bond acceptors (Lipinski definition) is 2. The van der Waals surface area contributed by atoms with Gasteiger partial charge in [0.1, 0.15) is 0 Å². The van der Waals surface area contributed by atoms with E-state index in [9.17, 15) is 4.79 Å². The first-order chi connectivity index (χ1) is 11.0. The van der Waals surface area contributed by atoms with Crippen LogP contribution >= 0.6 is 0 Å². The Bertz CT molecular complexity index is 476. The second-order valence-corrected chi connectivity index (χ2v) is 7.15. The van der Waals surface area contributed by atoms with Crippen molar-refractivity contribution >= 4 is 6.03 Å². The van der Waals surface area contributed by atoms with Crippen LogP contribution in [0.15, 0.2) is 24.3 Å². The summed E-state index contributed by atoms with van der Waals surface area (Å²) >= 11 is 0. The largest absolute Gasteiger partial charge is 0.338 e. The van der Waals surface area contributed by atoms with Gasteiger partial charge >= 0.3 is 6.03 Å². The number of rotatable bonds is 6. The van der Waals surface area contributed by atoms with Crippen molar-refractivity contribution in [2.75, 3.05) is 26.2 Å². The number of carbonyl (C=O) groups excluding carboxylic acids is 1. The molecule has 1 aliphatic heterocycles. The number of urea groups is 1. The maximum absolute atomic E-state index is 11.8. The monoisotopic (exact) mass is 317 g/mol. The zero-order valence-corrected chi connectivity index (χ0v) is 14.8. The number of piperidine rings is 1. The SMILES string of the molecule is Cc1ccc(CNC(=O)NCCCN2C[C@@H](C)C[C@H](C)C2)cc1. The van der Waals surface area contributed by atoms with E-state index in [1.54, 1.807) is 0 Å². The highest BCUT2D eigenvalue weighted by Crippen LogP contribution is 2.20. The molecule has 128 valence electrons. The predicted molar refractivity (Wildman–Crippen MR) is 95.4 cm³/mol. The number of hydrogen-bond donors (Lipinski definition) is 2. The number of aryl methyl sites for hydroxylation is 1. The standard InChI is InChI=1S/C19H31N3O/c1-15-5-7-18(8-6-15)12-21-19(23)20-9-4-10-22-13-16(2)11-17(3)14-22/h5-8,16-17H,4,9-14H2,1-3H3,(H2,20,21,23)/t16-,17-/m0/s1. The van der Waals surface area contributed by atoms with E-state index < -0.39 is 0 Å². The topological polar surface area (TPSA) is 44.4 Å². The molecule has 1 fully saturated rings. The zero-order chi connectivity index (χ0) is 16.7. The first-order valence-corrected chi connectivity index (χ1v) is 8.82. The molecule has 0 saturated carbocycles. The van der Waals surface area contributed by atoms with Gasteiger partial charge in [0.15, 0.2) is 0 Å². The van der Waals surface area contributed by atoms with Crippen molar-refractivity contribution in [3.8, 4) is 0 Å². The second kappa shape index (κ2) is 8.92. The Morgan fingerprint density at radius 2 is 1.78 bits per heavy atom.